The quantitative estimate of drug-likeness (QED) is 0.914. The fourth-order valence-electron chi connectivity index (χ4n) is 2.58. The molecule has 3 heterocycles. The number of rotatable bonds is 4. The molecular formula is C14H18BrN3OS. The first kappa shape index (κ1) is 14.3. The number of hydrogen-bond acceptors (Lipinski definition) is 4. The minimum absolute atomic E-state index is 0.0471. The van der Waals surface area contributed by atoms with Crippen LogP contribution in [0, 0.1) is 0 Å². The van der Waals surface area contributed by atoms with Gasteiger partial charge in [-0.2, -0.15) is 0 Å². The number of hydrogen-bond donors (Lipinski definition) is 1. The van der Waals surface area contributed by atoms with E-state index < -0.39 is 0 Å². The highest BCUT2D eigenvalue weighted by Gasteiger charge is 2.29. The smallest absolute Gasteiger partial charge is 0.139 e. The van der Waals surface area contributed by atoms with Crippen LogP contribution in [0.15, 0.2) is 27.6 Å². The maximum absolute atomic E-state index is 5.96. The second-order valence-electron chi connectivity index (χ2n) is 5.08. The Bertz CT molecular complexity index is 568. The van der Waals surface area contributed by atoms with Gasteiger partial charge >= 0.3 is 0 Å². The molecule has 1 saturated heterocycles. The largest absolute Gasteiger partial charge is 0.369 e. The summed E-state index contributed by atoms with van der Waals surface area (Å²) in [7, 11) is 2.02. The van der Waals surface area contributed by atoms with E-state index in [0.29, 0.717) is 6.04 Å². The zero-order valence-electron chi connectivity index (χ0n) is 11.4. The molecule has 1 fully saturated rings. The first-order valence-corrected chi connectivity index (χ1v) is 8.46. The molecule has 2 aromatic heterocycles. The van der Waals surface area contributed by atoms with Crippen molar-refractivity contribution in [1.82, 2.24) is 14.9 Å². The number of imidazole rings is 1. The van der Waals surface area contributed by atoms with Crippen molar-refractivity contribution in [1.29, 1.82) is 0 Å². The average Bonchev–Trinajstić information content (AvgIpc) is 3.05. The van der Waals surface area contributed by atoms with Gasteiger partial charge in [0.1, 0.15) is 11.9 Å². The van der Waals surface area contributed by atoms with Gasteiger partial charge < -0.3 is 14.6 Å². The fourth-order valence-corrected chi connectivity index (χ4v) is 3.79. The summed E-state index contributed by atoms with van der Waals surface area (Å²) in [5.74, 6) is 1.01. The van der Waals surface area contributed by atoms with Gasteiger partial charge in [-0.1, -0.05) is 0 Å². The van der Waals surface area contributed by atoms with Crippen LogP contribution in [0.5, 0.6) is 0 Å². The molecule has 0 unspecified atom stereocenters. The van der Waals surface area contributed by atoms with E-state index in [1.54, 1.807) is 11.3 Å². The van der Waals surface area contributed by atoms with Crippen molar-refractivity contribution >= 4 is 27.3 Å². The van der Waals surface area contributed by atoms with Gasteiger partial charge in [0.2, 0.25) is 0 Å². The summed E-state index contributed by atoms with van der Waals surface area (Å²) in [6.07, 6.45) is 6.08. The lowest BCUT2D eigenvalue weighted by Gasteiger charge is -2.32. The van der Waals surface area contributed by atoms with Crippen molar-refractivity contribution in [3.63, 3.8) is 0 Å². The summed E-state index contributed by atoms with van der Waals surface area (Å²) in [6, 6.07) is 2.49. The average molecular weight is 356 g/mol. The molecule has 3 rings (SSSR count). The van der Waals surface area contributed by atoms with Crippen LogP contribution >= 0.6 is 27.3 Å². The first-order valence-electron chi connectivity index (χ1n) is 6.79. The lowest BCUT2D eigenvalue weighted by atomic mass is 10.0. The Morgan fingerprint density at radius 1 is 1.60 bits per heavy atom. The second-order valence-corrected chi connectivity index (χ2v) is 7.37. The van der Waals surface area contributed by atoms with E-state index in [2.05, 4.69) is 37.7 Å². The number of halogens is 1. The molecule has 4 nitrogen and oxygen atoms in total. The van der Waals surface area contributed by atoms with Crippen molar-refractivity contribution in [3.8, 4) is 0 Å². The van der Waals surface area contributed by atoms with Gasteiger partial charge in [0.15, 0.2) is 0 Å². The zero-order chi connectivity index (χ0) is 13.9. The van der Waals surface area contributed by atoms with Crippen LogP contribution in [0.3, 0.4) is 0 Å². The van der Waals surface area contributed by atoms with Crippen molar-refractivity contribution in [2.45, 2.75) is 31.5 Å². The number of ether oxygens (including phenoxy) is 1. The van der Waals surface area contributed by atoms with Crippen molar-refractivity contribution in [2.24, 2.45) is 7.05 Å². The van der Waals surface area contributed by atoms with Crippen LogP contribution in [0.1, 0.15) is 30.3 Å². The molecule has 0 bridgehead atoms. The summed E-state index contributed by atoms with van der Waals surface area (Å²) < 4.78 is 9.18. The van der Waals surface area contributed by atoms with Gasteiger partial charge in [0.25, 0.3) is 0 Å². The molecule has 1 aliphatic heterocycles. The molecule has 1 aliphatic rings. The molecule has 0 saturated carbocycles. The highest BCUT2D eigenvalue weighted by molar-refractivity contribution is 9.11. The normalized spacial score (nSPS) is 23.1. The fraction of sp³-hybridized carbons (Fsp3) is 0.500. The monoisotopic (exact) mass is 355 g/mol. The standard InChI is InChI=1S/C14H18BrN3OS/c1-18-5-4-16-14(18)13-11(3-2-6-19-13)17-8-10-7-12(15)20-9-10/h4-5,7,9,11,13,17H,2-3,6,8H2,1H3/t11-,13-/m0/s1. The van der Waals surface area contributed by atoms with Crippen LogP contribution in [0.25, 0.3) is 0 Å². The summed E-state index contributed by atoms with van der Waals surface area (Å²) in [4.78, 5) is 4.44. The molecule has 1 N–H and O–H groups in total. The molecule has 0 radical (unpaired) electrons. The summed E-state index contributed by atoms with van der Waals surface area (Å²) >= 11 is 5.22. The molecule has 0 aliphatic carbocycles. The van der Waals surface area contributed by atoms with Crippen LogP contribution < -0.4 is 5.32 Å². The molecule has 2 aromatic rings. The molecule has 6 heteroatoms. The highest BCUT2D eigenvalue weighted by atomic mass is 79.9. The molecular weight excluding hydrogens is 338 g/mol. The predicted octanol–water partition coefficient (Wildman–Crippen LogP) is 3.25. The van der Waals surface area contributed by atoms with Crippen molar-refractivity contribution in [3.05, 3.63) is 39.0 Å². The number of nitrogens with one attached hydrogen (secondary N) is 1. The number of aromatic nitrogens is 2. The highest BCUT2D eigenvalue weighted by Crippen LogP contribution is 2.28. The lowest BCUT2D eigenvalue weighted by Crippen LogP contribution is -2.40. The van der Waals surface area contributed by atoms with E-state index in [4.69, 9.17) is 4.74 Å². The van der Waals surface area contributed by atoms with Crippen molar-refractivity contribution in [2.75, 3.05) is 6.61 Å². The Hall–Kier alpha value is -0.690. The number of aryl methyl sites for hydroxylation is 1. The molecule has 0 amide bonds. The topological polar surface area (TPSA) is 39.1 Å². The molecule has 0 spiro atoms. The Labute approximate surface area is 131 Å². The maximum Gasteiger partial charge on any atom is 0.139 e. The van der Waals surface area contributed by atoms with Crippen molar-refractivity contribution < 1.29 is 4.74 Å². The van der Waals surface area contributed by atoms with E-state index in [0.717, 1.165) is 31.8 Å². The van der Waals surface area contributed by atoms with Gasteiger partial charge in [-0.3, -0.25) is 0 Å². The Kier molecular flexibility index (Phi) is 4.55. The van der Waals surface area contributed by atoms with Gasteiger partial charge in [-0.15, -0.1) is 11.3 Å². The Morgan fingerprint density at radius 3 is 3.20 bits per heavy atom. The van der Waals surface area contributed by atoms with Crippen LogP contribution in [-0.4, -0.2) is 22.2 Å². The van der Waals surface area contributed by atoms with E-state index >= 15 is 0 Å². The number of thiophene rings is 1. The van der Waals surface area contributed by atoms with Gasteiger partial charge in [-0.05, 0) is 45.8 Å². The van der Waals surface area contributed by atoms with E-state index in [9.17, 15) is 0 Å². The third-order valence-corrected chi connectivity index (χ3v) is 5.18. The summed E-state index contributed by atoms with van der Waals surface area (Å²) in [6.45, 7) is 1.69. The molecule has 2 atom stereocenters. The second kappa shape index (κ2) is 6.39. The third kappa shape index (κ3) is 3.14. The Morgan fingerprint density at radius 2 is 2.50 bits per heavy atom. The predicted molar refractivity (Wildman–Crippen MR) is 83.8 cm³/mol. The van der Waals surface area contributed by atoms with Crippen LogP contribution in [-0.2, 0) is 18.3 Å². The minimum atomic E-state index is 0.0471. The third-order valence-electron chi connectivity index (χ3n) is 3.63. The minimum Gasteiger partial charge on any atom is -0.369 e. The van der Waals surface area contributed by atoms with Crippen LogP contribution in [0.2, 0.25) is 0 Å². The van der Waals surface area contributed by atoms with Crippen LogP contribution in [0.4, 0.5) is 0 Å². The lowest BCUT2D eigenvalue weighted by molar-refractivity contribution is -0.0178. The Balaban J connectivity index is 1.68. The van der Waals surface area contributed by atoms with E-state index in [-0.39, 0.29) is 6.10 Å². The molecule has 108 valence electrons. The summed E-state index contributed by atoms with van der Waals surface area (Å²) in [5, 5.41) is 5.80. The first-order chi connectivity index (χ1) is 9.74. The maximum atomic E-state index is 5.96. The molecule has 0 aromatic carbocycles. The van der Waals surface area contributed by atoms with Gasteiger partial charge in [0.05, 0.1) is 3.79 Å². The SMILES string of the molecule is Cn1ccnc1[C@H]1OCCC[C@@H]1NCc1csc(Br)c1. The van der Waals surface area contributed by atoms with E-state index in [1.165, 1.54) is 9.35 Å². The van der Waals surface area contributed by atoms with E-state index in [1.807, 2.05) is 24.0 Å². The van der Waals surface area contributed by atoms with Gasteiger partial charge in [-0.25, -0.2) is 4.98 Å². The zero-order valence-corrected chi connectivity index (χ0v) is 13.8. The van der Waals surface area contributed by atoms with Gasteiger partial charge in [0, 0.05) is 38.6 Å². The summed E-state index contributed by atoms with van der Waals surface area (Å²) in [5.41, 5.74) is 1.31. The molecule has 20 heavy (non-hydrogen) atoms. The number of nitrogens with zero attached hydrogens (tertiary/aromatic N) is 2.